The van der Waals surface area contributed by atoms with Crippen LogP contribution in [0, 0.1) is 0 Å². The molecular weight excluding hydrogens is 629 g/mol. The molecule has 0 unspecified atom stereocenters. The van der Waals surface area contributed by atoms with Gasteiger partial charge in [0, 0.05) is 64.5 Å². The van der Waals surface area contributed by atoms with Crippen molar-refractivity contribution in [3.05, 3.63) is 170 Å². The SMILES string of the molecule is c1ccc(-n2c3ccccc3c3cc(N(c4ccc5cc6sc7ccccc7c6cc5c4)c4ccc5oc6ccccc6c5c4)ccc32)cc1. The predicted molar refractivity (Wildman–Crippen MR) is 213 cm³/mol. The normalized spacial score (nSPS) is 12.0. The fraction of sp³-hybridized carbons (Fsp3) is 0. The van der Waals surface area contributed by atoms with Crippen molar-refractivity contribution >= 4 is 103 Å². The Balaban J connectivity index is 1.17. The minimum Gasteiger partial charge on any atom is -0.456 e. The van der Waals surface area contributed by atoms with Crippen molar-refractivity contribution in [2.75, 3.05) is 4.90 Å². The summed E-state index contributed by atoms with van der Waals surface area (Å²) in [6.45, 7) is 0. The van der Waals surface area contributed by atoms with E-state index < -0.39 is 0 Å². The van der Waals surface area contributed by atoms with Gasteiger partial charge in [-0.05, 0) is 102 Å². The van der Waals surface area contributed by atoms with Crippen molar-refractivity contribution in [1.82, 2.24) is 4.57 Å². The molecule has 11 rings (SSSR count). The second kappa shape index (κ2) is 10.6. The molecule has 0 radical (unpaired) electrons. The van der Waals surface area contributed by atoms with E-state index in [1.54, 1.807) is 0 Å². The largest absolute Gasteiger partial charge is 0.456 e. The molecule has 3 heterocycles. The van der Waals surface area contributed by atoms with Crippen LogP contribution >= 0.6 is 11.3 Å². The molecule has 50 heavy (non-hydrogen) atoms. The van der Waals surface area contributed by atoms with E-state index in [4.69, 9.17) is 4.42 Å². The highest BCUT2D eigenvalue weighted by atomic mass is 32.1. The molecule has 234 valence electrons. The highest BCUT2D eigenvalue weighted by Crippen LogP contribution is 2.43. The Morgan fingerprint density at radius 2 is 1.06 bits per heavy atom. The molecule has 0 amide bonds. The second-order valence-corrected chi connectivity index (χ2v) is 14.1. The second-order valence-electron chi connectivity index (χ2n) is 13.0. The highest BCUT2D eigenvalue weighted by molar-refractivity contribution is 7.25. The van der Waals surface area contributed by atoms with Crippen LogP contribution in [0.1, 0.15) is 0 Å². The number of anilines is 3. The van der Waals surface area contributed by atoms with E-state index in [0.29, 0.717) is 0 Å². The number of thiophene rings is 1. The molecule has 0 saturated heterocycles. The number of nitrogens with zero attached hydrogens (tertiary/aromatic N) is 2. The Morgan fingerprint density at radius 1 is 0.400 bits per heavy atom. The van der Waals surface area contributed by atoms with Crippen molar-refractivity contribution in [1.29, 1.82) is 0 Å². The Hall–Kier alpha value is -6.36. The first-order chi connectivity index (χ1) is 24.8. The zero-order valence-corrected chi connectivity index (χ0v) is 27.7. The van der Waals surface area contributed by atoms with Crippen molar-refractivity contribution in [3.63, 3.8) is 0 Å². The lowest BCUT2D eigenvalue weighted by Crippen LogP contribution is -2.10. The Bertz CT molecular complexity index is 3110. The number of aromatic nitrogens is 1. The smallest absolute Gasteiger partial charge is 0.135 e. The molecule has 3 aromatic heterocycles. The number of rotatable bonds is 4. The first-order valence-corrected chi connectivity index (χ1v) is 17.7. The van der Waals surface area contributed by atoms with E-state index in [-0.39, 0.29) is 0 Å². The van der Waals surface area contributed by atoms with Crippen LogP contribution < -0.4 is 4.90 Å². The van der Waals surface area contributed by atoms with Gasteiger partial charge in [-0.25, -0.2) is 0 Å². The van der Waals surface area contributed by atoms with Gasteiger partial charge in [0.15, 0.2) is 0 Å². The van der Waals surface area contributed by atoms with Crippen LogP contribution in [0.4, 0.5) is 17.1 Å². The van der Waals surface area contributed by atoms with Crippen molar-refractivity contribution in [2.24, 2.45) is 0 Å². The monoisotopic (exact) mass is 656 g/mol. The van der Waals surface area contributed by atoms with Crippen molar-refractivity contribution in [3.8, 4) is 5.69 Å². The minimum absolute atomic E-state index is 0.890. The number of para-hydroxylation sites is 3. The van der Waals surface area contributed by atoms with Crippen LogP contribution in [0.15, 0.2) is 174 Å². The maximum atomic E-state index is 6.25. The third-order valence-electron chi connectivity index (χ3n) is 10.1. The first-order valence-electron chi connectivity index (χ1n) is 16.9. The molecule has 0 N–H and O–H groups in total. The van der Waals surface area contributed by atoms with E-state index in [1.165, 1.54) is 52.8 Å². The van der Waals surface area contributed by atoms with Gasteiger partial charge in [0.05, 0.1) is 11.0 Å². The Labute approximate surface area is 291 Å². The van der Waals surface area contributed by atoms with Crippen LogP contribution in [0.5, 0.6) is 0 Å². The molecule has 4 heteroatoms. The molecule has 8 aromatic carbocycles. The average molecular weight is 657 g/mol. The summed E-state index contributed by atoms with van der Waals surface area (Å²) < 4.78 is 11.3. The molecular formula is C46H28N2OS. The van der Waals surface area contributed by atoms with Gasteiger partial charge < -0.3 is 13.9 Å². The van der Waals surface area contributed by atoms with Gasteiger partial charge in [-0.3, -0.25) is 0 Å². The quantitative estimate of drug-likeness (QED) is 0.188. The lowest BCUT2D eigenvalue weighted by molar-refractivity contribution is 0.669. The van der Waals surface area contributed by atoms with Gasteiger partial charge in [0.25, 0.3) is 0 Å². The number of furan rings is 1. The number of benzene rings is 8. The van der Waals surface area contributed by atoms with E-state index in [9.17, 15) is 0 Å². The summed E-state index contributed by atoms with van der Waals surface area (Å²) in [5, 5.41) is 9.76. The molecule has 0 aliphatic rings. The summed E-state index contributed by atoms with van der Waals surface area (Å²) in [6, 6.07) is 61.4. The minimum atomic E-state index is 0.890. The molecule has 11 aromatic rings. The summed E-state index contributed by atoms with van der Waals surface area (Å²) in [7, 11) is 0. The van der Waals surface area contributed by atoms with Crippen molar-refractivity contribution < 1.29 is 4.42 Å². The summed E-state index contributed by atoms with van der Waals surface area (Å²) >= 11 is 1.86. The Morgan fingerprint density at radius 3 is 1.96 bits per heavy atom. The lowest BCUT2D eigenvalue weighted by Gasteiger charge is -2.26. The third-order valence-corrected chi connectivity index (χ3v) is 11.3. The molecule has 0 aliphatic heterocycles. The maximum absolute atomic E-state index is 6.25. The molecule has 0 saturated carbocycles. The van der Waals surface area contributed by atoms with Crippen LogP contribution in [-0.2, 0) is 0 Å². The van der Waals surface area contributed by atoms with Gasteiger partial charge in [-0.1, -0.05) is 78.9 Å². The van der Waals surface area contributed by atoms with Gasteiger partial charge in [0.2, 0.25) is 0 Å². The third kappa shape index (κ3) is 4.09. The van der Waals surface area contributed by atoms with Crippen LogP contribution in [0.3, 0.4) is 0 Å². The Kier molecular flexibility index (Phi) is 5.83. The van der Waals surface area contributed by atoms with E-state index in [2.05, 4.69) is 167 Å². The average Bonchev–Trinajstić information content (AvgIpc) is 3.83. The van der Waals surface area contributed by atoms with E-state index >= 15 is 0 Å². The zero-order valence-electron chi connectivity index (χ0n) is 26.9. The van der Waals surface area contributed by atoms with E-state index in [0.717, 1.165) is 44.7 Å². The van der Waals surface area contributed by atoms with Gasteiger partial charge in [-0.2, -0.15) is 0 Å². The highest BCUT2D eigenvalue weighted by Gasteiger charge is 2.19. The first kappa shape index (κ1) is 27.6. The summed E-state index contributed by atoms with van der Waals surface area (Å²) in [5.41, 5.74) is 8.61. The fourth-order valence-electron chi connectivity index (χ4n) is 7.85. The maximum Gasteiger partial charge on any atom is 0.135 e. The van der Waals surface area contributed by atoms with Gasteiger partial charge >= 0.3 is 0 Å². The molecule has 0 aliphatic carbocycles. The standard InChI is InChI=1S/C46H28N2OS/c1-2-10-31(11-3-1)48-41-15-7-4-12-35(41)38-27-33(20-22-42(38)48)47(34-21-23-44-39(28-34)36-13-5-8-16-43(36)49-44)32-19-18-29-26-46-40(25-30(29)24-32)37-14-6-9-17-45(37)50-46/h1-28H. The molecule has 0 spiro atoms. The molecule has 0 fully saturated rings. The topological polar surface area (TPSA) is 21.3 Å². The summed E-state index contributed by atoms with van der Waals surface area (Å²) in [6.07, 6.45) is 0. The summed E-state index contributed by atoms with van der Waals surface area (Å²) in [4.78, 5) is 2.39. The molecule has 0 bridgehead atoms. The zero-order chi connectivity index (χ0) is 32.8. The van der Waals surface area contributed by atoms with Crippen LogP contribution in [0.25, 0.3) is 80.4 Å². The number of hydrogen-bond donors (Lipinski definition) is 0. The van der Waals surface area contributed by atoms with Gasteiger partial charge in [-0.15, -0.1) is 11.3 Å². The fourth-order valence-corrected chi connectivity index (χ4v) is 8.99. The number of fused-ring (bicyclic) bond motifs is 10. The molecule has 0 atom stereocenters. The molecule has 3 nitrogen and oxygen atoms in total. The predicted octanol–water partition coefficient (Wildman–Crippen LogP) is 13.7. The van der Waals surface area contributed by atoms with E-state index in [1.807, 2.05) is 23.5 Å². The summed E-state index contributed by atoms with van der Waals surface area (Å²) in [5.74, 6) is 0. The van der Waals surface area contributed by atoms with Crippen LogP contribution in [0.2, 0.25) is 0 Å². The van der Waals surface area contributed by atoms with Gasteiger partial charge in [0.1, 0.15) is 11.2 Å². The van der Waals surface area contributed by atoms with Crippen molar-refractivity contribution in [2.45, 2.75) is 0 Å². The lowest BCUT2D eigenvalue weighted by atomic mass is 10.0. The van der Waals surface area contributed by atoms with Crippen LogP contribution in [-0.4, -0.2) is 4.57 Å². The number of hydrogen-bond acceptors (Lipinski definition) is 3.